The fraction of sp³-hybridized carbons (Fsp3) is 0.727. The Bertz CT molecular complexity index is 508. The van der Waals surface area contributed by atoms with Crippen LogP contribution in [0.25, 0.3) is 0 Å². The molecule has 1 unspecified atom stereocenters. The standard InChI is InChI=1S/C11H12F3N3O2/c12-11(13,14)9-16-7(17-19-9)1-4-15-8(18)6-5-10(6)2-3-10/h6H,1-5H2,(H,15,18). The number of halogens is 3. The van der Waals surface area contributed by atoms with E-state index in [1.807, 2.05) is 0 Å². The maximum absolute atomic E-state index is 12.2. The van der Waals surface area contributed by atoms with Crippen LogP contribution in [0.3, 0.4) is 0 Å². The Morgan fingerprint density at radius 1 is 1.47 bits per heavy atom. The van der Waals surface area contributed by atoms with Crippen LogP contribution in [0.15, 0.2) is 4.52 Å². The summed E-state index contributed by atoms with van der Waals surface area (Å²) in [6, 6.07) is 0. The van der Waals surface area contributed by atoms with Gasteiger partial charge in [-0.25, -0.2) is 0 Å². The molecule has 0 radical (unpaired) electrons. The highest BCUT2D eigenvalue weighted by Crippen LogP contribution is 2.70. The molecule has 1 aromatic heterocycles. The third-order valence-corrected chi connectivity index (χ3v) is 3.76. The number of nitrogens with one attached hydrogen (secondary N) is 1. The Hall–Kier alpha value is -1.60. The number of nitrogens with zero attached hydrogens (tertiary/aromatic N) is 2. The quantitative estimate of drug-likeness (QED) is 0.905. The molecular weight excluding hydrogens is 263 g/mol. The summed E-state index contributed by atoms with van der Waals surface area (Å²) in [6.45, 7) is 0.224. The molecular formula is C11H12F3N3O2. The van der Waals surface area contributed by atoms with E-state index in [1.165, 1.54) is 0 Å². The van der Waals surface area contributed by atoms with Crippen molar-refractivity contribution in [2.45, 2.75) is 31.9 Å². The second kappa shape index (κ2) is 3.94. The lowest BCUT2D eigenvalue weighted by molar-refractivity contribution is -0.159. The lowest BCUT2D eigenvalue weighted by Crippen LogP contribution is -2.28. The third kappa shape index (κ3) is 2.43. The molecule has 1 atom stereocenters. The molecule has 19 heavy (non-hydrogen) atoms. The van der Waals surface area contributed by atoms with Gasteiger partial charge in [0.05, 0.1) is 0 Å². The van der Waals surface area contributed by atoms with E-state index in [-0.39, 0.29) is 36.0 Å². The number of alkyl halides is 3. The molecule has 2 aliphatic carbocycles. The molecule has 5 nitrogen and oxygen atoms in total. The van der Waals surface area contributed by atoms with Gasteiger partial charge in [-0.05, 0) is 24.7 Å². The first-order valence-electron chi connectivity index (χ1n) is 6.08. The average Bonchev–Trinajstić information content (AvgIpc) is 3.20. The smallest absolute Gasteiger partial charge is 0.355 e. The van der Waals surface area contributed by atoms with Crippen LogP contribution in [0.5, 0.6) is 0 Å². The summed E-state index contributed by atoms with van der Waals surface area (Å²) in [5, 5.41) is 5.92. The highest BCUT2D eigenvalue weighted by atomic mass is 19.4. The van der Waals surface area contributed by atoms with Gasteiger partial charge in [-0.1, -0.05) is 5.16 Å². The van der Waals surface area contributed by atoms with Gasteiger partial charge in [-0.15, -0.1) is 0 Å². The monoisotopic (exact) mass is 275 g/mol. The summed E-state index contributed by atoms with van der Waals surface area (Å²) < 4.78 is 40.7. The summed E-state index contributed by atoms with van der Waals surface area (Å²) in [4.78, 5) is 14.9. The van der Waals surface area contributed by atoms with E-state index < -0.39 is 12.1 Å². The summed E-state index contributed by atoms with van der Waals surface area (Å²) in [6.07, 6.45) is -1.32. The molecule has 1 N–H and O–H groups in total. The van der Waals surface area contributed by atoms with E-state index >= 15 is 0 Å². The molecule has 1 aromatic rings. The van der Waals surface area contributed by atoms with Crippen molar-refractivity contribution in [3.8, 4) is 0 Å². The number of hydrogen-bond donors (Lipinski definition) is 1. The molecule has 2 fully saturated rings. The normalized spacial score (nSPS) is 23.4. The van der Waals surface area contributed by atoms with Gasteiger partial charge in [0.1, 0.15) is 0 Å². The van der Waals surface area contributed by atoms with Crippen molar-refractivity contribution in [3.63, 3.8) is 0 Å². The average molecular weight is 275 g/mol. The van der Waals surface area contributed by atoms with Gasteiger partial charge >= 0.3 is 12.1 Å². The Morgan fingerprint density at radius 3 is 2.74 bits per heavy atom. The molecule has 1 heterocycles. The molecule has 2 aliphatic rings. The number of carbonyl (C=O) groups is 1. The Labute approximate surface area is 106 Å². The fourth-order valence-corrected chi connectivity index (χ4v) is 2.32. The van der Waals surface area contributed by atoms with Crippen LogP contribution in [0.1, 0.15) is 31.0 Å². The van der Waals surface area contributed by atoms with Gasteiger partial charge < -0.3 is 9.84 Å². The SMILES string of the molecule is O=C(NCCc1noc(C(F)(F)F)n1)C1CC12CC2. The van der Waals surface area contributed by atoms with E-state index in [4.69, 9.17) is 0 Å². The number of amides is 1. The van der Waals surface area contributed by atoms with Crippen molar-refractivity contribution in [3.05, 3.63) is 11.7 Å². The van der Waals surface area contributed by atoms with Gasteiger partial charge in [0.15, 0.2) is 5.82 Å². The maximum atomic E-state index is 12.2. The summed E-state index contributed by atoms with van der Waals surface area (Å²) >= 11 is 0. The molecule has 2 saturated carbocycles. The topological polar surface area (TPSA) is 68.0 Å². The number of carbonyl (C=O) groups excluding carboxylic acids is 1. The summed E-state index contributed by atoms with van der Waals surface area (Å²) in [5.41, 5.74) is 0.277. The first kappa shape index (κ1) is 12.4. The predicted molar refractivity (Wildman–Crippen MR) is 55.8 cm³/mol. The van der Waals surface area contributed by atoms with Crippen LogP contribution in [0, 0.1) is 11.3 Å². The number of rotatable bonds is 4. The fourth-order valence-electron chi connectivity index (χ4n) is 2.32. The Morgan fingerprint density at radius 2 is 2.21 bits per heavy atom. The molecule has 0 saturated heterocycles. The van der Waals surface area contributed by atoms with Gasteiger partial charge in [0.2, 0.25) is 5.91 Å². The van der Waals surface area contributed by atoms with Gasteiger partial charge in [-0.2, -0.15) is 18.2 Å². The zero-order valence-electron chi connectivity index (χ0n) is 9.96. The minimum atomic E-state index is -4.62. The van der Waals surface area contributed by atoms with E-state index in [0.717, 1.165) is 19.3 Å². The minimum absolute atomic E-state index is 0.0166. The summed E-state index contributed by atoms with van der Waals surface area (Å²) in [7, 11) is 0. The molecule has 0 aromatic carbocycles. The lowest BCUT2D eigenvalue weighted by atomic mass is 10.3. The van der Waals surface area contributed by atoms with Crippen molar-refractivity contribution < 1.29 is 22.5 Å². The highest BCUT2D eigenvalue weighted by Gasteiger charge is 2.65. The van der Waals surface area contributed by atoms with Gasteiger partial charge in [-0.3, -0.25) is 4.79 Å². The summed E-state index contributed by atoms with van der Waals surface area (Å²) in [5.74, 6) is -1.32. The molecule has 1 spiro atoms. The van der Waals surface area contributed by atoms with Gasteiger partial charge in [0.25, 0.3) is 0 Å². The van der Waals surface area contributed by atoms with E-state index in [2.05, 4.69) is 20.0 Å². The van der Waals surface area contributed by atoms with Crippen molar-refractivity contribution >= 4 is 5.91 Å². The van der Waals surface area contributed by atoms with E-state index in [9.17, 15) is 18.0 Å². The lowest BCUT2D eigenvalue weighted by Gasteiger charge is -2.01. The van der Waals surface area contributed by atoms with Crippen molar-refractivity contribution in [1.82, 2.24) is 15.5 Å². The van der Waals surface area contributed by atoms with Crippen molar-refractivity contribution in [2.24, 2.45) is 11.3 Å². The molecule has 3 rings (SSSR count). The van der Waals surface area contributed by atoms with Crippen LogP contribution < -0.4 is 5.32 Å². The molecule has 0 aliphatic heterocycles. The predicted octanol–water partition coefficient (Wildman–Crippen LogP) is 1.55. The van der Waals surface area contributed by atoms with Crippen molar-refractivity contribution in [1.29, 1.82) is 0 Å². The first-order valence-corrected chi connectivity index (χ1v) is 6.08. The van der Waals surface area contributed by atoms with E-state index in [0.29, 0.717) is 0 Å². The second-order valence-corrected chi connectivity index (χ2v) is 5.17. The van der Waals surface area contributed by atoms with Crippen LogP contribution >= 0.6 is 0 Å². The molecule has 8 heteroatoms. The van der Waals surface area contributed by atoms with Crippen LogP contribution in [-0.2, 0) is 17.4 Å². The maximum Gasteiger partial charge on any atom is 0.471 e. The van der Waals surface area contributed by atoms with Gasteiger partial charge in [0, 0.05) is 18.9 Å². The zero-order valence-corrected chi connectivity index (χ0v) is 9.96. The van der Waals surface area contributed by atoms with E-state index in [1.54, 1.807) is 0 Å². The molecule has 0 bridgehead atoms. The van der Waals surface area contributed by atoms with Crippen LogP contribution in [0.2, 0.25) is 0 Å². The first-order chi connectivity index (χ1) is 8.91. The van der Waals surface area contributed by atoms with Crippen LogP contribution in [0.4, 0.5) is 13.2 Å². The van der Waals surface area contributed by atoms with Crippen LogP contribution in [-0.4, -0.2) is 22.6 Å². The second-order valence-electron chi connectivity index (χ2n) is 5.17. The molecule has 104 valence electrons. The number of hydrogen-bond acceptors (Lipinski definition) is 4. The Balaban J connectivity index is 1.45. The number of aromatic nitrogens is 2. The minimum Gasteiger partial charge on any atom is -0.355 e. The zero-order chi connectivity index (χ0) is 13.7. The Kier molecular flexibility index (Phi) is 2.58. The third-order valence-electron chi connectivity index (χ3n) is 3.76. The highest BCUT2D eigenvalue weighted by molar-refractivity contribution is 5.83. The largest absolute Gasteiger partial charge is 0.471 e. The van der Waals surface area contributed by atoms with Crippen molar-refractivity contribution in [2.75, 3.05) is 6.54 Å². The molecule has 1 amide bonds.